The Labute approximate surface area is 199 Å². The fourth-order valence-corrected chi connectivity index (χ4v) is 4.58. The number of H-pyrrole nitrogens is 1. The van der Waals surface area contributed by atoms with Gasteiger partial charge in [0.25, 0.3) is 5.56 Å². The summed E-state index contributed by atoms with van der Waals surface area (Å²) in [5.74, 6) is 0.895. The van der Waals surface area contributed by atoms with Crippen molar-refractivity contribution in [3.8, 4) is 0 Å². The quantitative estimate of drug-likeness (QED) is 0.422. The summed E-state index contributed by atoms with van der Waals surface area (Å²) in [5.41, 5.74) is 2.63. The summed E-state index contributed by atoms with van der Waals surface area (Å²) in [6.07, 6.45) is 2.57. The van der Waals surface area contributed by atoms with Gasteiger partial charge in [0.05, 0.1) is 30.1 Å². The average molecular weight is 462 g/mol. The highest BCUT2D eigenvalue weighted by molar-refractivity contribution is 5.98. The largest absolute Gasteiger partial charge is 0.465 e. The van der Waals surface area contributed by atoms with Crippen molar-refractivity contribution in [1.82, 2.24) is 14.9 Å². The van der Waals surface area contributed by atoms with Crippen molar-refractivity contribution < 1.29 is 14.3 Å². The average Bonchev–Trinajstić information content (AvgIpc) is 2.83. The second-order valence-corrected chi connectivity index (χ2v) is 9.45. The van der Waals surface area contributed by atoms with Gasteiger partial charge >= 0.3 is 5.97 Å². The van der Waals surface area contributed by atoms with E-state index in [1.54, 1.807) is 18.2 Å². The molecule has 2 heterocycles. The van der Waals surface area contributed by atoms with Crippen molar-refractivity contribution in [2.75, 3.05) is 20.2 Å². The maximum Gasteiger partial charge on any atom is 0.337 e. The Morgan fingerprint density at radius 3 is 2.41 bits per heavy atom. The van der Waals surface area contributed by atoms with Crippen molar-refractivity contribution in [3.63, 3.8) is 0 Å². The van der Waals surface area contributed by atoms with E-state index < -0.39 is 5.97 Å². The second-order valence-electron chi connectivity index (χ2n) is 9.45. The van der Waals surface area contributed by atoms with Gasteiger partial charge in [-0.05, 0) is 62.0 Å². The number of piperidine rings is 1. The van der Waals surface area contributed by atoms with Gasteiger partial charge in [0, 0.05) is 11.5 Å². The lowest BCUT2D eigenvalue weighted by molar-refractivity contribution is 0.0600. The number of esters is 1. The van der Waals surface area contributed by atoms with E-state index >= 15 is 0 Å². The molecule has 0 bridgehead atoms. The van der Waals surface area contributed by atoms with Crippen LogP contribution in [0.2, 0.25) is 0 Å². The molecule has 1 aromatic heterocycles. The van der Waals surface area contributed by atoms with E-state index in [2.05, 4.69) is 40.8 Å². The normalized spacial score (nSPS) is 15.1. The molecule has 4 rings (SSSR count). The Balaban J connectivity index is 1.39. The van der Waals surface area contributed by atoms with Gasteiger partial charge in [-0.3, -0.25) is 14.5 Å². The number of nitrogens with zero attached hydrogens (tertiary/aromatic N) is 2. The maximum atomic E-state index is 13.0. The molecule has 1 aliphatic heterocycles. The topological polar surface area (TPSA) is 92.4 Å². The molecule has 34 heavy (non-hydrogen) atoms. The number of aromatic nitrogens is 2. The third-order valence-electron chi connectivity index (χ3n) is 6.39. The molecule has 7 nitrogen and oxygen atoms in total. The van der Waals surface area contributed by atoms with Crippen molar-refractivity contribution in [2.45, 2.75) is 39.7 Å². The molecular formula is C27H31N3O4. The molecule has 178 valence electrons. The zero-order chi connectivity index (χ0) is 24.2. The first-order chi connectivity index (χ1) is 16.3. The fraction of sp³-hybridized carbons (Fsp3) is 0.407. The monoisotopic (exact) mass is 461 g/mol. The molecule has 0 atom stereocenters. The number of hydrogen-bond donors (Lipinski definition) is 1. The van der Waals surface area contributed by atoms with Gasteiger partial charge in [-0.1, -0.05) is 38.1 Å². The van der Waals surface area contributed by atoms with Gasteiger partial charge in [-0.15, -0.1) is 0 Å². The number of carbonyl (C=O) groups is 2. The zero-order valence-electron chi connectivity index (χ0n) is 20.0. The van der Waals surface area contributed by atoms with Crippen LogP contribution < -0.4 is 5.56 Å². The SMILES string of the molecule is COC(=O)c1ccc2c(=O)[nH]c(CN3CCC(C(=O)c4ccc(CC(C)C)cc4)CC3)nc2c1. The lowest BCUT2D eigenvalue weighted by atomic mass is 9.88. The lowest BCUT2D eigenvalue weighted by Gasteiger charge is -2.30. The standard InChI is InChI=1S/C27H31N3O4/c1-17(2)14-18-4-6-19(7-5-18)25(31)20-10-12-30(13-11-20)16-24-28-23-15-21(27(33)34-3)8-9-22(23)26(32)29-24/h4-9,15,17,20H,10-14,16H2,1-3H3,(H,28,29,32). The van der Waals surface area contributed by atoms with Crippen LogP contribution in [0.5, 0.6) is 0 Å². The summed E-state index contributed by atoms with van der Waals surface area (Å²) in [6, 6.07) is 12.8. The minimum atomic E-state index is -0.466. The van der Waals surface area contributed by atoms with E-state index in [1.807, 2.05) is 12.1 Å². The molecule has 0 amide bonds. The molecule has 0 saturated carbocycles. The summed E-state index contributed by atoms with van der Waals surface area (Å²) in [4.78, 5) is 46.9. The first-order valence-electron chi connectivity index (χ1n) is 11.8. The molecule has 1 aliphatic rings. The minimum Gasteiger partial charge on any atom is -0.465 e. The molecule has 0 aliphatic carbocycles. The van der Waals surface area contributed by atoms with Crippen LogP contribution in [0.1, 0.15) is 58.8 Å². The number of benzene rings is 2. The Bertz CT molecular complexity index is 1240. The summed E-state index contributed by atoms with van der Waals surface area (Å²) >= 11 is 0. The van der Waals surface area contributed by atoms with E-state index in [1.165, 1.54) is 12.7 Å². The predicted octanol–water partition coefficient (Wildman–Crippen LogP) is 4.00. The molecule has 1 saturated heterocycles. The second kappa shape index (κ2) is 10.3. The molecule has 0 radical (unpaired) electrons. The number of carbonyl (C=O) groups excluding carboxylic acids is 2. The van der Waals surface area contributed by atoms with E-state index in [0.29, 0.717) is 34.8 Å². The molecule has 0 spiro atoms. The number of Topliss-reactive ketones (excluding diaryl/α,β-unsaturated/α-hetero) is 1. The molecule has 0 unspecified atom stereocenters. The number of methoxy groups -OCH3 is 1. The van der Waals surface area contributed by atoms with E-state index in [9.17, 15) is 14.4 Å². The first kappa shape index (κ1) is 23.8. The Morgan fingerprint density at radius 2 is 1.76 bits per heavy atom. The molecule has 2 aromatic carbocycles. The zero-order valence-corrected chi connectivity index (χ0v) is 20.0. The van der Waals surface area contributed by atoms with E-state index in [-0.39, 0.29) is 17.3 Å². The summed E-state index contributed by atoms with van der Waals surface area (Å²) < 4.78 is 4.76. The summed E-state index contributed by atoms with van der Waals surface area (Å²) in [7, 11) is 1.32. The number of likely N-dealkylation sites (tertiary alicyclic amines) is 1. The van der Waals surface area contributed by atoms with Gasteiger partial charge in [-0.25, -0.2) is 9.78 Å². The Hall–Kier alpha value is -3.32. The Morgan fingerprint density at radius 1 is 1.09 bits per heavy atom. The molecule has 7 heteroatoms. The van der Waals surface area contributed by atoms with Crippen LogP contribution in [-0.4, -0.2) is 46.8 Å². The fourth-order valence-electron chi connectivity index (χ4n) is 4.58. The van der Waals surface area contributed by atoms with Crippen LogP contribution in [0, 0.1) is 11.8 Å². The van der Waals surface area contributed by atoms with Gasteiger partial charge in [-0.2, -0.15) is 0 Å². The third kappa shape index (κ3) is 5.42. The summed E-state index contributed by atoms with van der Waals surface area (Å²) in [5, 5.41) is 0.431. The van der Waals surface area contributed by atoms with Crippen molar-refractivity contribution in [3.05, 3.63) is 75.3 Å². The van der Waals surface area contributed by atoms with E-state index in [0.717, 1.165) is 37.9 Å². The molecular weight excluding hydrogens is 430 g/mol. The molecule has 1 N–H and O–H groups in total. The van der Waals surface area contributed by atoms with Gasteiger partial charge in [0.15, 0.2) is 5.78 Å². The third-order valence-corrected chi connectivity index (χ3v) is 6.39. The smallest absolute Gasteiger partial charge is 0.337 e. The van der Waals surface area contributed by atoms with Crippen molar-refractivity contribution >= 4 is 22.7 Å². The highest BCUT2D eigenvalue weighted by atomic mass is 16.5. The summed E-state index contributed by atoms with van der Waals surface area (Å²) in [6.45, 7) is 6.38. The number of ketones is 1. The molecule has 1 fully saturated rings. The van der Waals surface area contributed by atoms with Crippen molar-refractivity contribution in [1.29, 1.82) is 0 Å². The highest BCUT2D eigenvalue weighted by Gasteiger charge is 2.26. The lowest BCUT2D eigenvalue weighted by Crippen LogP contribution is -2.36. The van der Waals surface area contributed by atoms with Crippen LogP contribution in [0.3, 0.4) is 0 Å². The molecule has 3 aromatic rings. The highest BCUT2D eigenvalue weighted by Crippen LogP contribution is 2.23. The van der Waals surface area contributed by atoms with Crippen LogP contribution >= 0.6 is 0 Å². The Kier molecular flexibility index (Phi) is 7.22. The van der Waals surface area contributed by atoms with Crippen LogP contribution in [0.4, 0.5) is 0 Å². The maximum absolute atomic E-state index is 13.0. The van der Waals surface area contributed by atoms with E-state index in [4.69, 9.17) is 4.74 Å². The number of ether oxygens (including phenoxy) is 1. The number of fused-ring (bicyclic) bond motifs is 1. The van der Waals surface area contributed by atoms with Crippen molar-refractivity contribution in [2.24, 2.45) is 11.8 Å². The first-order valence-corrected chi connectivity index (χ1v) is 11.8. The number of rotatable bonds is 7. The van der Waals surface area contributed by atoms with Gasteiger partial charge in [0.2, 0.25) is 0 Å². The number of hydrogen-bond acceptors (Lipinski definition) is 6. The van der Waals surface area contributed by atoms with Gasteiger partial charge < -0.3 is 9.72 Å². The number of aromatic amines is 1. The predicted molar refractivity (Wildman–Crippen MR) is 131 cm³/mol. The van der Waals surface area contributed by atoms with Crippen LogP contribution in [0.15, 0.2) is 47.3 Å². The minimum absolute atomic E-state index is 0.0124. The van der Waals surface area contributed by atoms with Crippen LogP contribution in [-0.2, 0) is 17.7 Å². The van der Waals surface area contributed by atoms with Crippen LogP contribution in [0.25, 0.3) is 10.9 Å². The number of nitrogens with one attached hydrogen (secondary N) is 1. The van der Waals surface area contributed by atoms with Gasteiger partial charge in [0.1, 0.15) is 5.82 Å².